The molecule has 0 bridgehead atoms. The van der Waals surface area contributed by atoms with Gasteiger partial charge in [-0.3, -0.25) is 0 Å². The van der Waals surface area contributed by atoms with Gasteiger partial charge in [0.2, 0.25) is 0 Å². The van der Waals surface area contributed by atoms with E-state index in [2.05, 4.69) is 4.98 Å². The Balaban J connectivity index is 1.94. The van der Waals surface area contributed by atoms with Gasteiger partial charge in [-0.15, -0.1) is 0 Å². The van der Waals surface area contributed by atoms with Crippen LogP contribution in [0.4, 0.5) is 8.78 Å². The van der Waals surface area contributed by atoms with Gasteiger partial charge in [0.05, 0.1) is 29.0 Å². The van der Waals surface area contributed by atoms with E-state index in [1.54, 1.807) is 42.7 Å². The second kappa shape index (κ2) is 6.64. The third-order valence-corrected chi connectivity index (χ3v) is 4.47. The van der Waals surface area contributed by atoms with Crippen molar-refractivity contribution in [3.63, 3.8) is 0 Å². The van der Waals surface area contributed by atoms with Crippen molar-refractivity contribution in [2.45, 2.75) is 6.04 Å². The molecule has 3 aromatic carbocycles. The molecule has 4 aromatic rings. The number of aromatic nitrogens is 2. The van der Waals surface area contributed by atoms with Crippen LogP contribution >= 0.6 is 0 Å². The van der Waals surface area contributed by atoms with Crippen molar-refractivity contribution in [2.75, 3.05) is 0 Å². The molecule has 0 aliphatic carbocycles. The predicted molar refractivity (Wildman–Crippen MR) is 96.7 cm³/mol. The molecule has 0 amide bonds. The number of fused-ring (bicyclic) bond motifs is 1. The van der Waals surface area contributed by atoms with Crippen molar-refractivity contribution in [3.05, 3.63) is 101 Å². The number of rotatable bonds is 4. The maximum Gasteiger partial charge on any atom is 0.335 e. The Morgan fingerprint density at radius 1 is 0.889 bits per heavy atom. The van der Waals surface area contributed by atoms with Crippen LogP contribution in [0.25, 0.3) is 11.0 Å². The minimum atomic E-state index is -1.04. The monoisotopic (exact) mass is 364 g/mol. The first-order chi connectivity index (χ1) is 13.0. The average molecular weight is 364 g/mol. The maximum absolute atomic E-state index is 13.4. The number of imidazole rings is 1. The molecule has 0 saturated heterocycles. The summed E-state index contributed by atoms with van der Waals surface area (Å²) < 4.78 is 28.6. The topological polar surface area (TPSA) is 55.1 Å². The van der Waals surface area contributed by atoms with Crippen LogP contribution in [0.1, 0.15) is 27.5 Å². The molecule has 6 heteroatoms. The molecule has 0 aliphatic rings. The Hall–Kier alpha value is -3.54. The summed E-state index contributed by atoms with van der Waals surface area (Å²) in [6.07, 6.45) is 1.60. The van der Waals surface area contributed by atoms with Gasteiger partial charge in [-0.25, -0.2) is 18.6 Å². The van der Waals surface area contributed by atoms with Crippen molar-refractivity contribution >= 4 is 17.0 Å². The Bertz CT molecular complexity index is 1070. The largest absolute Gasteiger partial charge is 0.478 e. The Morgan fingerprint density at radius 2 is 1.44 bits per heavy atom. The lowest BCUT2D eigenvalue weighted by Gasteiger charge is -2.21. The van der Waals surface area contributed by atoms with Gasteiger partial charge in [-0.2, -0.15) is 0 Å². The van der Waals surface area contributed by atoms with Gasteiger partial charge < -0.3 is 9.67 Å². The van der Waals surface area contributed by atoms with Gasteiger partial charge in [-0.1, -0.05) is 24.3 Å². The summed E-state index contributed by atoms with van der Waals surface area (Å²) in [4.78, 5) is 15.7. The molecule has 1 aromatic heterocycles. The molecule has 0 unspecified atom stereocenters. The quantitative estimate of drug-likeness (QED) is 0.573. The molecule has 0 fully saturated rings. The number of halogens is 2. The normalized spacial score (nSPS) is 11.2. The van der Waals surface area contributed by atoms with Crippen LogP contribution in [0.15, 0.2) is 73.1 Å². The number of benzene rings is 3. The summed E-state index contributed by atoms with van der Waals surface area (Å²) in [6.45, 7) is 0. The first kappa shape index (κ1) is 16.9. The van der Waals surface area contributed by atoms with Gasteiger partial charge >= 0.3 is 5.97 Å². The smallest absolute Gasteiger partial charge is 0.335 e. The number of hydrogen-bond donors (Lipinski definition) is 1. The standard InChI is InChI=1S/C21H14F2N2O2/c22-16-6-1-13(2-7-16)20(14-3-8-17(23)9-4-14)25-12-24-18-10-5-15(21(26)27)11-19(18)25/h1-12,20H,(H,26,27). The summed E-state index contributed by atoms with van der Waals surface area (Å²) in [5.74, 6) is -1.76. The molecule has 1 heterocycles. The molecule has 1 N–H and O–H groups in total. The van der Waals surface area contributed by atoms with E-state index in [-0.39, 0.29) is 17.2 Å². The van der Waals surface area contributed by atoms with Gasteiger partial charge in [0.15, 0.2) is 0 Å². The van der Waals surface area contributed by atoms with Crippen LogP contribution in [0.3, 0.4) is 0 Å². The van der Waals surface area contributed by atoms with Crippen molar-refractivity contribution in [1.82, 2.24) is 9.55 Å². The first-order valence-corrected chi connectivity index (χ1v) is 8.24. The fraction of sp³-hybridized carbons (Fsp3) is 0.0476. The van der Waals surface area contributed by atoms with Crippen molar-refractivity contribution < 1.29 is 18.7 Å². The second-order valence-electron chi connectivity index (χ2n) is 6.17. The third kappa shape index (κ3) is 3.17. The van der Waals surface area contributed by atoms with Crippen molar-refractivity contribution in [3.8, 4) is 0 Å². The zero-order chi connectivity index (χ0) is 19.0. The van der Waals surface area contributed by atoms with Gasteiger partial charge in [0.25, 0.3) is 0 Å². The number of aromatic carboxylic acids is 1. The van der Waals surface area contributed by atoms with E-state index in [0.717, 1.165) is 11.1 Å². The highest BCUT2D eigenvalue weighted by atomic mass is 19.1. The second-order valence-corrected chi connectivity index (χ2v) is 6.17. The lowest BCUT2D eigenvalue weighted by atomic mass is 9.98. The lowest BCUT2D eigenvalue weighted by Crippen LogP contribution is -2.12. The number of nitrogens with zero attached hydrogens (tertiary/aromatic N) is 2. The molecule has 0 atom stereocenters. The van der Waals surface area contributed by atoms with Gasteiger partial charge in [0.1, 0.15) is 11.6 Å². The average Bonchev–Trinajstić information content (AvgIpc) is 3.08. The van der Waals surface area contributed by atoms with Crippen molar-refractivity contribution in [2.24, 2.45) is 0 Å². The SMILES string of the molecule is O=C(O)c1ccc2ncn(C(c3ccc(F)cc3)c3ccc(F)cc3)c2c1. The number of carboxylic acids is 1. The summed E-state index contributed by atoms with van der Waals surface area (Å²) >= 11 is 0. The van der Waals surface area contributed by atoms with Crippen LogP contribution in [0.5, 0.6) is 0 Å². The fourth-order valence-corrected chi connectivity index (χ4v) is 3.17. The summed E-state index contributed by atoms with van der Waals surface area (Å²) in [6, 6.07) is 16.3. The van der Waals surface area contributed by atoms with E-state index in [1.165, 1.54) is 30.3 Å². The highest BCUT2D eigenvalue weighted by Gasteiger charge is 2.20. The van der Waals surface area contributed by atoms with E-state index in [4.69, 9.17) is 0 Å². The van der Waals surface area contributed by atoms with Crippen LogP contribution in [-0.2, 0) is 0 Å². The van der Waals surface area contributed by atoms with E-state index in [9.17, 15) is 18.7 Å². The Kier molecular flexibility index (Phi) is 4.16. The summed E-state index contributed by atoms with van der Waals surface area (Å²) in [5.41, 5.74) is 2.93. The van der Waals surface area contributed by atoms with Crippen molar-refractivity contribution in [1.29, 1.82) is 0 Å². The summed E-state index contributed by atoms with van der Waals surface area (Å²) in [7, 11) is 0. The molecule has 134 valence electrons. The van der Waals surface area contributed by atoms with E-state index >= 15 is 0 Å². The van der Waals surface area contributed by atoms with Crippen LogP contribution < -0.4 is 0 Å². The minimum absolute atomic E-state index is 0.140. The molecule has 0 aliphatic heterocycles. The fourth-order valence-electron chi connectivity index (χ4n) is 3.17. The van der Waals surface area contributed by atoms with Crippen LogP contribution in [0, 0.1) is 11.6 Å². The first-order valence-electron chi connectivity index (χ1n) is 8.24. The number of carboxylic acid groups (broad SMARTS) is 1. The van der Waals surface area contributed by atoms with E-state index < -0.39 is 12.0 Å². The van der Waals surface area contributed by atoms with Crippen LogP contribution in [-0.4, -0.2) is 20.6 Å². The molecule has 0 radical (unpaired) electrons. The molecular formula is C21H14F2N2O2. The Morgan fingerprint density at radius 3 is 1.96 bits per heavy atom. The zero-order valence-corrected chi connectivity index (χ0v) is 14.0. The van der Waals surface area contributed by atoms with Crippen LogP contribution in [0.2, 0.25) is 0 Å². The highest BCUT2D eigenvalue weighted by molar-refractivity contribution is 5.92. The zero-order valence-electron chi connectivity index (χ0n) is 14.0. The van der Waals surface area contributed by atoms with Gasteiger partial charge in [0, 0.05) is 0 Å². The Labute approximate surface area is 153 Å². The lowest BCUT2D eigenvalue weighted by molar-refractivity contribution is 0.0697. The maximum atomic E-state index is 13.4. The number of carbonyl (C=O) groups is 1. The molecule has 0 saturated carbocycles. The molecule has 4 rings (SSSR count). The minimum Gasteiger partial charge on any atom is -0.478 e. The molecule has 0 spiro atoms. The van der Waals surface area contributed by atoms with E-state index in [0.29, 0.717) is 11.0 Å². The number of hydrogen-bond acceptors (Lipinski definition) is 2. The van der Waals surface area contributed by atoms with E-state index in [1.807, 2.05) is 4.57 Å². The highest BCUT2D eigenvalue weighted by Crippen LogP contribution is 2.30. The molecule has 27 heavy (non-hydrogen) atoms. The van der Waals surface area contributed by atoms with Gasteiger partial charge in [-0.05, 0) is 53.6 Å². The summed E-state index contributed by atoms with van der Waals surface area (Å²) in [5, 5.41) is 9.29. The predicted octanol–water partition coefficient (Wildman–Crippen LogP) is 4.65. The third-order valence-electron chi connectivity index (χ3n) is 4.47. The molecule has 4 nitrogen and oxygen atoms in total. The molecular weight excluding hydrogens is 350 g/mol.